The van der Waals surface area contributed by atoms with Crippen molar-refractivity contribution < 1.29 is 32.7 Å². The minimum Gasteiger partial charge on any atom is -0.459 e. The molecule has 0 atom stereocenters. The van der Waals surface area contributed by atoms with Crippen molar-refractivity contribution in [2.24, 2.45) is 0 Å². The van der Waals surface area contributed by atoms with Crippen LogP contribution in [0.15, 0.2) is 24.3 Å². The first-order chi connectivity index (χ1) is 13.0. The molecule has 0 aliphatic rings. The monoisotopic (exact) mass is 417 g/mol. The van der Waals surface area contributed by atoms with Crippen LogP contribution in [0.3, 0.4) is 0 Å². The van der Waals surface area contributed by atoms with Crippen molar-refractivity contribution in [3.8, 4) is 0 Å². The third-order valence-electron chi connectivity index (χ3n) is 4.74. The molecule has 0 aromatic heterocycles. The minimum atomic E-state index is -2.55. The van der Waals surface area contributed by atoms with E-state index in [9.17, 15) is 14.2 Å². The van der Waals surface area contributed by atoms with E-state index in [-0.39, 0.29) is 24.4 Å². The summed E-state index contributed by atoms with van der Waals surface area (Å²) in [5.41, 5.74) is -1.34. The van der Waals surface area contributed by atoms with E-state index >= 15 is 0 Å². The van der Waals surface area contributed by atoms with Gasteiger partial charge in [0.1, 0.15) is 13.2 Å². The molecular formula is C20H34O7P+. The maximum atomic E-state index is 12.7. The smallest absolute Gasteiger partial charge is 0.459 e. The van der Waals surface area contributed by atoms with Gasteiger partial charge in [-0.25, -0.2) is 9.59 Å². The van der Waals surface area contributed by atoms with E-state index in [0.717, 1.165) is 0 Å². The number of esters is 2. The molecule has 0 bridgehead atoms. The standard InChI is InChI=1S/C20H34O7P/c1-9-19(10-2,13-24-17(21)15(5)6)26-28(23)27-20(11-3,12-4)14-25-18(22)16(7)8/h5,7,9-14H2,1-4,6,8H3/q+1. The predicted octanol–water partition coefficient (Wildman–Crippen LogP) is 5.03. The summed E-state index contributed by atoms with van der Waals surface area (Å²) in [6.45, 7) is 17.5. The van der Waals surface area contributed by atoms with Gasteiger partial charge in [0.2, 0.25) is 0 Å². The fourth-order valence-corrected chi connectivity index (χ4v) is 3.49. The van der Waals surface area contributed by atoms with E-state index in [4.69, 9.17) is 18.5 Å². The van der Waals surface area contributed by atoms with Crippen molar-refractivity contribution >= 4 is 20.2 Å². The summed E-state index contributed by atoms with van der Waals surface area (Å²) >= 11 is 0. The van der Waals surface area contributed by atoms with Crippen molar-refractivity contribution in [1.82, 2.24) is 0 Å². The van der Waals surface area contributed by atoms with Gasteiger partial charge in [-0.05, 0) is 39.5 Å². The second kappa shape index (κ2) is 12.1. The Morgan fingerprint density at radius 2 is 1.04 bits per heavy atom. The van der Waals surface area contributed by atoms with Crippen LogP contribution in [-0.4, -0.2) is 36.4 Å². The molecule has 0 heterocycles. The molecule has 28 heavy (non-hydrogen) atoms. The van der Waals surface area contributed by atoms with Crippen molar-refractivity contribution in [3.05, 3.63) is 24.3 Å². The first-order valence-electron chi connectivity index (χ1n) is 9.51. The molecule has 0 aromatic rings. The quantitative estimate of drug-likeness (QED) is 0.222. The van der Waals surface area contributed by atoms with Gasteiger partial charge in [-0.15, -0.1) is 9.05 Å². The summed E-state index contributed by atoms with van der Waals surface area (Å²) in [5, 5.41) is 0. The summed E-state index contributed by atoms with van der Waals surface area (Å²) in [5.74, 6) is -1.07. The maximum Gasteiger partial charge on any atom is 0.698 e. The maximum absolute atomic E-state index is 12.7. The largest absolute Gasteiger partial charge is 0.698 e. The first kappa shape index (κ1) is 26.4. The Bertz CT molecular complexity index is 539. The fraction of sp³-hybridized carbons (Fsp3) is 0.700. The molecule has 0 unspecified atom stereocenters. The van der Waals surface area contributed by atoms with Gasteiger partial charge in [0.05, 0.1) is 0 Å². The Morgan fingerprint density at radius 3 is 1.25 bits per heavy atom. The fourth-order valence-electron chi connectivity index (χ4n) is 2.19. The Hall–Kier alpha value is -1.56. The average Bonchev–Trinajstić information content (AvgIpc) is 2.67. The van der Waals surface area contributed by atoms with Crippen LogP contribution in [-0.2, 0) is 32.7 Å². The molecule has 0 rings (SSSR count). The Balaban J connectivity index is 5.16. The van der Waals surface area contributed by atoms with Gasteiger partial charge in [-0.2, -0.15) is 0 Å². The number of carbonyl (C=O) groups excluding carboxylic acids is 2. The number of hydrogen-bond acceptors (Lipinski definition) is 7. The molecule has 7 nitrogen and oxygen atoms in total. The van der Waals surface area contributed by atoms with Crippen LogP contribution in [0.25, 0.3) is 0 Å². The molecule has 8 heteroatoms. The molecule has 0 fully saturated rings. The van der Waals surface area contributed by atoms with Crippen molar-refractivity contribution in [2.45, 2.75) is 78.4 Å². The predicted molar refractivity (Wildman–Crippen MR) is 108 cm³/mol. The SMILES string of the molecule is C=C(C)C(=O)OCC(CC)(CC)O[P+](=O)OC(CC)(CC)COC(=O)C(=C)C. The van der Waals surface area contributed by atoms with Crippen LogP contribution in [0.1, 0.15) is 67.2 Å². The van der Waals surface area contributed by atoms with Crippen LogP contribution in [0.5, 0.6) is 0 Å². The van der Waals surface area contributed by atoms with Gasteiger partial charge >= 0.3 is 20.2 Å². The Kier molecular flexibility index (Phi) is 11.4. The lowest BCUT2D eigenvalue weighted by Gasteiger charge is -2.27. The van der Waals surface area contributed by atoms with Crippen LogP contribution >= 0.6 is 8.25 Å². The lowest BCUT2D eigenvalue weighted by Crippen LogP contribution is -2.39. The summed E-state index contributed by atoms with van der Waals surface area (Å²) in [6, 6.07) is 0. The van der Waals surface area contributed by atoms with Crippen LogP contribution in [0, 0.1) is 0 Å². The molecule has 0 spiro atoms. The zero-order valence-electron chi connectivity index (χ0n) is 18.0. The molecule has 0 saturated carbocycles. The third-order valence-corrected chi connectivity index (χ3v) is 5.82. The summed E-state index contributed by atoms with van der Waals surface area (Å²) in [4.78, 5) is 23.4. The minimum absolute atomic E-state index is 0.0635. The average molecular weight is 417 g/mol. The van der Waals surface area contributed by atoms with Crippen LogP contribution < -0.4 is 0 Å². The van der Waals surface area contributed by atoms with Crippen molar-refractivity contribution in [2.75, 3.05) is 13.2 Å². The molecular weight excluding hydrogens is 383 g/mol. The van der Waals surface area contributed by atoms with Gasteiger partial charge in [-0.1, -0.05) is 40.9 Å². The van der Waals surface area contributed by atoms with E-state index in [1.54, 1.807) is 13.8 Å². The third kappa shape index (κ3) is 8.21. The number of ether oxygens (including phenoxy) is 2. The van der Waals surface area contributed by atoms with E-state index < -0.39 is 31.4 Å². The highest BCUT2D eigenvalue weighted by molar-refractivity contribution is 7.33. The van der Waals surface area contributed by atoms with E-state index in [1.807, 2.05) is 27.7 Å². The first-order valence-corrected chi connectivity index (χ1v) is 10.6. The summed E-state index contributed by atoms with van der Waals surface area (Å²) in [7, 11) is -2.55. The molecule has 0 aromatic carbocycles. The normalized spacial score (nSPS) is 11.6. The number of hydrogen-bond donors (Lipinski definition) is 0. The molecule has 0 radical (unpaired) electrons. The highest BCUT2D eigenvalue weighted by Crippen LogP contribution is 2.41. The highest BCUT2D eigenvalue weighted by Gasteiger charge is 2.46. The topological polar surface area (TPSA) is 88.1 Å². The highest BCUT2D eigenvalue weighted by atomic mass is 31.1. The van der Waals surface area contributed by atoms with Crippen LogP contribution in [0.2, 0.25) is 0 Å². The van der Waals surface area contributed by atoms with E-state index in [2.05, 4.69) is 13.2 Å². The zero-order chi connectivity index (χ0) is 22.0. The van der Waals surface area contributed by atoms with E-state index in [0.29, 0.717) is 25.7 Å². The molecule has 160 valence electrons. The number of rotatable bonds is 14. The Morgan fingerprint density at radius 1 is 0.750 bits per heavy atom. The van der Waals surface area contributed by atoms with Gasteiger partial charge in [0, 0.05) is 15.7 Å². The van der Waals surface area contributed by atoms with Crippen LogP contribution in [0.4, 0.5) is 0 Å². The van der Waals surface area contributed by atoms with Crippen molar-refractivity contribution in [3.63, 3.8) is 0 Å². The van der Waals surface area contributed by atoms with E-state index in [1.165, 1.54) is 0 Å². The van der Waals surface area contributed by atoms with Crippen molar-refractivity contribution in [1.29, 1.82) is 0 Å². The molecule has 0 amide bonds. The Labute approximate surface area is 169 Å². The molecule has 0 aliphatic carbocycles. The van der Waals surface area contributed by atoms with Gasteiger partial charge in [0.15, 0.2) is 11.2 Å². The summed E-state index contributed by atoms with van der Waals surface area (Å²) < 4.78 is 34.5. The molecule has 0 saturated heterocycles. The second-order valence-corrected chi connectivity index (χ2v) is 7.71. The lowest BCUT2D eigenvalue weighted by molar-refractivity contribution is -0.148. The second-order valence-electron chi connectivity index (χ2n) is 6.90. The zero-order valence-corrected chi connectivity index (χ0v) is 18.9. The molecule has 0 N–H and O–H groups in total. The number of carbonyl (C=O) groups is 2. The van der Waals surface area contributed by atoms with Gasteiger partial charge in [-0.3, -0.25) is 0 Å². The molecule has 0 aliphatic heterocycles. The van der Waals surface area contributed by atoms with Gasteiger partial charge in [0.25, 0.3) is 0 Å². The summed E-state index contributed by atoms with van der Waals surface area (Å²) in [6.07, 6.45) is 1.86. The van der Waals surface area contributed by atoms with Gasteiger partial charge < -0.3 is 9.47 Å². The lowest BCUT2D eigenvalue weighted by atomic mass is 9.99.